The van der Waals surface area contributed by atoms with Crippen LogP contribution in [0.25, 0.3) is 10.2 Å². The first-order valence-corrected chi connectivity index (χ1v) is 8.97. The number of likely N-dealkylation sites (N-methyl/N-ethyl adjacent to an activating group) is 1. The van der Waals surface area contributed by atoms with Crippen LogP contribution < -0.4 is 4.90 Å². The molecule has 0 bridgehead atoms. The molecular formula is C17H23N3O2S. The molecule has 1 N–H and O–H groups in total. The van der Waals surface area contributed by atoms with Gasteiger partial charge in [-0.1, -0.05) is 29.9 Å². The summed E-state index contributed by atoms with van der Waals surface area (Å²) in [5, 5.41) is 9.95. The molecule has 1 aliphatic heterocycles. The molecule has 1 atom stereocenters. The van der Waals surface area contributed by atoms with E-state index in [-0.39, 0.29) is 12.5 Å². The smallest absolute Gasteiger partial charge is 0.242 e. The topological polar surface area (TPSA) is 56.7 Å². The third-order valence-corrected chi connectivity index (χ3v) is 5.61. The van der Waals surface area contributed by atoms with Gasteiger partial charge in [0.1, 0.15) is 0 Å². The summed E-state index contributed by atoms with van der Waals surface area (Å²) in [6.45, 7) is 1.52. The first-order valence-electron chi connectivity index (χ1n) is 8.16. The summed E-state index contributed by atoms with van der Waals surface area (Å²) in [6.07, 6.45) is 4.12. The molecule has 1 aromatic heterocycles. The molecule has 5 nitrogen and oxygen atoms in total. The van der Waals surface area contributed by atoms with Crippen molar-refractivity contribution in [2.45, 2.75) is 31.7 Å². The zero-order chi connectivity index (χ0) is 16.2. The van der Waals surface area contributed by atoms with Gasteiger partial charge in [0.25, 0.3) is 0 Å². The van der Waals surface area contributed by atoms with E-state index in [2.05, 4.69) is 9.88 Å². The highest BCUT2D eigenvalue weighted by molar-refractivity contribution is 7.22. The molecule has 0 saturated carbocycles. The molecule has 1 amide bonds. The summed E-state index contributed by atoms with van der Waals surface area (Å²) in [6, 6.07) is 8.26. The monoisotopic (exact) mass is 333 g/mol. The molecule has 1 aromatic carbocycles. The van der Waals surface area contributed by atoms with E-state index in [0.717, 1.165) is 41.2 Å². The van der Waals surface area contributed by atoms with Gasteiger partial charge in [-0.2, -0.15) is 0 Å². The van der Waals surface area contributed by atoms with Crippen molar-refractivity contribution in [1.82, 2.24) is 9.88 Å². The summed E-state index contributed by atoms with van der Waals surface area (Å²) >= 11 is 1.54. The summed E-state index contributed by atoms with van der Waals surface area (Å²) in [4.78, 5) is 21.1. The van der Waals surface area contributed by atoms with Crippen LogP contribution in [0.1, 0.15) is 25.7 Å². The van der Waals surface area contributed by atoms with E-state index in [1.165, 1.54) is 6.42 Å². The number of anilines is 1. The van der Waals surface area contributed by atoms with Crippen LogP contribution in [0, 0.1) is 0 Å². The number of hydrogen-bond donors (Lipinski definition) is 1. The van der Waals surface area contributed by atoms with Gasteiger partial charge < -0.3 is 5.11 Å². The van der Waals surface area contributed by atoms with Gasteiger partial charge in [0.2, 0.25) is 5.91 Å². The number of para-hydroxylation sites is 1. The van der Waals surface area contributed by atoms with Gasteiger partial charge in [0.15, 0.2) is 5.13 Å². The highest BCUT2D eigenvalue weighted by Crippen LogP contribution is 2.28. The van der Waals surface area contributed by atoms with Crippen molar-refractivity contribution in [2.75, 3.05) is 31.6 Å². The standard InChI is InChI=1S/C17H23N3O2S/c1-19(17-18-14-7-2-3-8-15(14)23-17)16(22)12-20-10-5-4-6-13(20)9-11-21/h2-3,7-8,13,21H,4-6,9-12H2,1H3. The first kappa shape index (κ1) is 16.4. The number of thiazole rings is 1. The Morgan fingerprint density at radius 1 is 1.43 bits per heavy atom. The number of benzene rings is 1. The van der Waals surface area contributed by atoms with E-state index in [1.807, 2.05) is 24.3 Å². The maximum absolute atomic E-state index is 12.6. The van der Waals surface area contributed by atoms with E-state index in [9.17, 15) is 9.90 Å². The molecule has 1 unspecified atom stereocenters. The number of aliphatic hydroxyl groups excluding tert-OH is 1. The van der Waals surface area contributed by atoms with Crippen molar-refractivity contribution < 1.29 is 9.90 Å². The average molecular weight is 333 g/mol. The molecule has 0 radical (unpaired) electrons. The second kappa shape index (κ2) is 7.38. The Hall–Kier alpha value is -1.50. The van der Waals surface area contributed by atoms with Gasteiger partial charge in [0.05, 0.1) is 16.8 Å². The van der Waals surface area contributed by atoms with Crippen LogP contribution in [-0.4, -0.2) is 53.7 Å². The van der Waals surface area contributed by atoms with Crippen LogP contribution in [0.4, 0.5) is 5.13 Å². The Morgan fingerprint density at radius 3 is 3.04 bits per heavy atom. The number of piperidine rings is 1. The van der Waals surface area contributed by atoms with Crippen LogP contribution >= 0.6 is 11.3 Å². The molecule has 2 aromatic rings. The number of likely N-dealkylation sites (tertiary alicyclic amines) is 1. The van der Waals surface area contributed by atoms with Gasteiger partial charge in [0, 0.05) is 19.7 Å². The molecule has 0 aliphatic carbocycles. The quantitative estimate of drug-likeness (QED) is 0.913. The van der Waals surface area contributed by atoms with Crippen LogP contribution in [0.5, 0.6) is 0 Å². The van der Waals surface area contributed by atoms with Crippen LogP contribution in [-0.2, 0) is 4.79 Å². The molecule has 23 heavy (non-hydrogen) atoms. The lowest BCUT2D eigenvalue weighted by molar-refractivity contribution is -0.120. The highest BCUT2D eigenvalue weighted by Gasteiger charge is 2.26. The minimum atomic E-state index is 0.0638. The van der Waals surface area contributed by atoms with Gasteiger partial charge >= 0.3 is 0 Å². The normalized spacial score (nSPS) is 19.1. The molecule has 1 aliphatic rings. The Balaban J connectivity index is 1.69. The SMILES string of the molecule is CN(C(=O)CN1CCCCC1CCO)c1nc2ccccc2s1. The summed E-state index contributed by atoms with van der Waals surface area (Å²) in [7, 11) is 1.80. The molecule has 1 fully saturated rings. The zero-order valence-electron chi connectivity index (χ0n) is 13.4. The van der Waals surface area contributed by atoms with Crippen LogP contribution in [0.15, 0.2) is 24.3 Å². The van der Waals surface area contributed by atoms with Crippen molar-refractivity contribution in [3.05, 3.63) is 24.3 Å². The van der Waals surface area contributed by atoms with E-state index in [1.54, 1.807) is 23.3 Å². The Kier molecular flexibility index (Phi) is 5.25. The lowest BCUT2D eigenvalue weighted by Crippen LogP contribution is -2.46. The largest absolute Gasteiger partial charge is 0.396 e. The summed E-state index contributed by atoms with van der Waals surface area (Å²) < 4.78 is 1.10. The molecule has 124 valence electrons. The lowest BCUT2D eigenvalue weighted by Gasteiger charge is -2.35. The third-order valence-electron chi connectivity index (χ3n) is 4.49. The Labute approximate surface area is 140 Å². The van der Waals surface area contributed by atoms with E-state index in [0.29, 0.717) is 12.6 Å². The van der Waals surface area contributed by atoms with E-state index < -0.39 is 0 Å². The fraction of sp³-hybridized carbons (Fsp3) is 0.529. The minimum Gasteiger partial charge on any atom is -0.396 e. The maximum Gasteiger partial charge on any atom is 0.242 e. The average Bonchev–Trinajstić information content (AvgIpc) is 3.00. The number of aromatic nitrogens is 1. The fourth-order valence-corrected chi connectivity index (χ4v) is 4.08. The first-order chi connectivity index (χ1) is 11.2. The molecule has 2 heterocycles. The molecular weight excluding hydrogens is 310 g/mol. The number of nitrogens with zero attached hydrogens (tertiary/aromatic N) is 3. The fourth-order valence-electron chi connectivity index (χ4n) is 3.13. The summed E-state index contributed by atoms with van der Waals surface area (Å²) in [5.41, 5.74) is 0.934. The highest BCUT2D eigenvalue weighted by atomic mass is 32.1. The second-order valence-electron chi connectivity index (χ2n) is 6.05. The minimum absolute atomic E-state index is 0.0638. The lowest BCUT2D eigenvalue weighted by atomic mass is 9.99. The number of aliphatic hydroxyl groups is 1. The maximum atomic E-state index is 12.6. The Morgan fingerprint density at radius 2 is 2.26 bits per heavy atom. The van der Waals surface area contributed by atoms with Gasteiger partial charge in [-0.15, -0.1) is 0 Å². The van der Waals surface area contributed by atoms with Gasteiger partial charge in [-0.25, -0.2) is 4.98 Å². The van der Waals surface area contributed by atoms with Crippen LogP contribution in [0.2, 0.25) is 0 Å². The third kappa shape index (κ3) is 3.71. The van der Waals surface area contributed by atoms with Crippen molar-refractivity contribution in [3.63, 3.8) is 0 Å². The second-order valence-corrected chi connectivity index (χ2v) is 7.06. The number of hydrogen-bond acceptors (Lipinski definition) is 5. The van der Waals surface area contributed by atoms with Crippen molar-refractivity contribution in [3.8, 4) is 0 Å². The van der Waals surface area contributed by atoms with Crippen LogP contribution in [0.3, 0.4) is 0 Å². The number of carbonyl (C=O) groups is 1. The predicted molar refractivity (Wildman–Crippen MR) is 93.9 cm³/mol. The summed E-state index contributed by atoms with van der Waals surface area (Å²) in [5.74, 6) is 0.0638. The zero-order valence-corrected chi connectivity index (χ0v) is 14.3. The van der Waals surface area contributed by atoms with E-state index >= 15 is 0 Å². The molecule has 0 spiro atoms. The number of fused-ring (bicyclic) bond motifs is 1. The molecule has 3 rings (SSSR count). The Bertz CT molecular complexity index is 638. The van der Waals surface area contributed by atoms with Crippen molar-refractivity contribution >= 4 is 32.6 Å². The number of carbonyl (C=O) groups excluding carboxylic acids is 1. The number of amides is 1. The van der Waals surface area contributed by atoms with Crippen molar-refractivity contribution in [1.29, 1.82) is 0 Å². The van der Waals surface area contributed by atoms with E-state index in [4.69, 9.17) is 0 Å². The van der Waals surface area contributed by atoms with Gasteiger partial charge in [-0.05, 0) is 37.9 Å². The van der Waals surface area contributed by atoms with Crippen molar-refractivity contribution in [2.24, 2.45) is 0 Å². The predicted octanol–water partition coefficient (Wildman–Crippen LogP) is 2.50. The molecule has 6 heteroatoms. The molecule has 1 saturated heterocycles. The van der Waals surface area contributed by atoms with Gasteiger partial charge in [-0.3, -0.25) is 14.6 Å². The number of rotatable bonds is 5.